The Morgan fingerprint density at radius 1 is 0.468 bits per heavy atom. The van der Waals surface area contributed by atoms with Crippen molar-refractivity contribution in [2.75, 3.05) is 0 Å². The van der Waals surface area contributed by atoms with Crippen molar-refractivity contribution in [3.05, 3.63) is 156 Å². The van der Waals surface area contributed by atoms with E-state index in [0.29, 0.717) is 0 Å². The van der Waals surface area contributed by atoms with Gasteiger partial charge in [-0.3, -0.25) is 0 Å². The first kappa shape index (κ1) is 26.5. The van der Waals surface area contributed by atoms with Gasteiger partial charge in [-0.05, 0) is 114 Å². The molecule has 1 nitrogen and oxygen atoms in total. The van der Waals surface area contributed by atoms with E-state index < -0.39 is 0 Å². The number of benzene rings is 8. The first-order valence-electron chi connectivity index (χ1n) is 16.5. The quantitative estimate of drug-likeness (QED) is 0.180. The molecule has 0 N–H and O–H groups in total. The molecular weight excluding hydrogens is 569 g/mol. The molecule has 0 unspecified atom stereocenters. The van der Waals surface area contributed by atoms with E-state index in [2.05, 4.69) is 154 Å². The zero-order valence-corrected chi connectivity index (χ0v) is 26.7. The molecule has 0 spiro atoms. The Hall–Kier alpha value is -5.66. The minimum absolute atomic E-state index is 0.118. The molecule has 1 aliphatic rings. The number of hydrogen-bond acceptors (Lipinski definition) is 1. The van der Waals surface area contributed by atoms with E-state index in [9.17, 15) is 0 Å². The molecule has 47 heavy (non-hydrogen) atoms. The number of rotatable bonds is 2. The fourth-order valence-corrected chi connectivity index (χ4v) is 8.65. The summed E-state index contributed by atoms with van der Waals surface area (Å²) in [6, 6.07) is 51.5. The van der Waals surface area contributed by atoms with Crippen LogP contribution in [0.3, 0.4) is 0 Å². The summed E-state index contributed by atoms with van der Waals surface area (Å²) in [5.74, 6) is 0. The first-order chi connectivity index (χ1) is 23.0. The zero-order chi connectivity index (χ0) is 31.4. The lowest BCUT2D eigenvalue weighted by Gasteiger charge is -2.24. The summed E-state index contributed by atoms with van der Waals surface area (Å²) in [4.78, 5) is 0. The maximum Gasteiger partial charge on any atom is 0.138 e. The summed E-state index contributed by atoms with van der Waals surface area (Å²) in [6.45, 7) is 6.96. The molecule has 0 fully saturated rings. The van der Waals surface area contributed by atoms with Crippen molar-refractivity contribution >= 4 is 54.3 Å². The molecule has 0 bridgehead atoms. The third-order valence-electron chi connectivity index (χ3n) is 10.7. The van der Waals surface area contributed by atoms with Crippen LogP contribution >= 0.6 is 0 Å². The largest absolute Gasteiger partial charge is 0.456 e. The predicted octanol–water partition coefficient (Wildman–Crippen LogP) is 13.0. The van der Waals surface area contributed by atoms with Crippen molar-refractivity contribution in [1.29, 1.82) is 0 Å². The van der Waals surface area contributed by atoms with Crippen LogP contribution in [0.1, 0.15) is 30.5 Å². The highest BCUT2D eigenvalue weighted by atomic mass is 16.3. The standard InChI is InChI=1S/C46H32O/c1-27-24-30(25-39-33-14-10-11-19-41(33)47-45(27)39)43-36-17-8-6-15-34(36)42(35-16-7-9-18-37(35)43)29-21-22-32-38-23-20-28-12-4-5-13-31(28)44(38)46(2,3)40(32)26-29/h4-26H,1-3H3. The maximum atomic E-state index is 6.33. The Morgan fingerprint density at radius 2 is 1.04 bits per heavy atom. The monoisotopic (exact) mass is 600 g/mol. The number of fused-ring (bicyclic) bond motifs is 10. The second-order valence-corrected chi connectivity index (χ2v) is 13.7. The highest BCUT2D eigenvalue weighted by molar-refractivity contribution is 6.22. The summed E-state index contributed by atoms with van der Waals surface area (Å²) in [7, 11) is 0. The van der Waals surface area contributed by atoms with E-state index in [-0.39, 0.29) is 5.41 Å². The van der Waals surface area contributed by atoms with Crippen LogP contribution in [0.25, 0.3) is 87.6 Å². The number of para-hydroxylation sites is 1. The molecule has 0 amide bonds. The summed E-state index contributed by atoms with van der Waals surface area (Å²) in [5, 5.41) is 10.1. The van der Waals surface area contributed by atoms with Gasteiger partial charge in [-0.15, -0.1) is 0 Å². The van der Waals surface area contributed by atoms with Crippen LogP contribution in [-0.2, 0) is 5.41 Å². The Morgan fingerprint density at radius 3 is 1.74 bits per heavy atom. The average Bonchev–Trinajstić information content (AvgIpc) is 3.59. The van der Waals surface area contributed by atoms with Crippen molar-refractivity contribution in [3.63, 3.8) is 0 Å². The van der Waals surface area contributed by atoms with E-state index in [0.717, 1.165) is 22.1 Å². The van der Waals surface area contributed by atoms with Gasteiger partial charge in [-0.1, -0.05) is 129 Å². The molecule has 9 aromatic rings. The van der Waals surface area contributed by atoms with Gasteiger partial charge in [0, 0.05) is 16.2 Å². The molecule has 8 aromatic carbocycles. The van der Waals surface area contributed by atoms with Crippen LogP contribution in [-0.4, -0.2) is 0 Å². The van der Waals surface area contributed by atoms with E-state index in [1.54, 1.807) is 0 Å². The minimum atomic E-state index is -0.118. The summed E-state index contributed by atoms with van der Waals surface area (Å²) in [6.07, 6.45) is 0. The SMILES string of the molecule is Cc1cc(-c2c3ccccc3c(-c3ccc4c(c3)C(C)(C)c3c-4ccc4ccccc34)c3ccccc23)cc2c1oc1ccccc12. The van der Waals surface area contributed by atoms with Gasteiger partial charge < -0.3 is 4.42 Å². The van der Waals surface area contributed by atoms with E-state index >= 15 is 0 Å². The second kappa shape index (κ2) is 9.44. The van der Waals surface area contributed by atoms with Crippen molar-refractivity contribution in [2.45, 2.75) is 26.2 Å². The molecule has 0 radical (unpaired) electrons. The van der Waals surface area contributed by atoms with E-state index in [1.165, 1.54) is 82.2 Å². The normalized spacial score (nSPS) is 13.6. The Kier molecular flexibility index (Phi) is 5.33. The van der Waals surface area contributed by atoms with Gasteiger partial charge in [0.25, 0.3) is 0 Å². The fraction of sp³-hybridized carbons (Fsp3) is 0.0870. The topological polar surface area (TPSA) is 13.1 Å². The highest BCUT2D eigenvalue weighted by Gasteiger charge is 2.37. The third kappa shape index (κ3) is 3.60. The van der Waals surface area contributed by atoms with Gasteiger partial charge in [0.1, 0.15) is 11.2 Å². The second-order valence-electron chi connectivity index (χ2n) is 13.7. The molecule has 1 aromatic heterocycles. The van der Waals surface area contributed by atoms with Gasteiger partial charge in [0.15, 0.2) is 0 Å². The van der Waals surface area contributed by atoms with Gasteiger partial charge in [-0.2, -0.15) is 0 Å². The Bertz CT molecular complexity index is 2720. The van der Waals surface area contributed by atoms with Crippen LogP contribution in [0.2, 0.25) is 0 Å². The zero-order valence-electron chi connectivity index (χ0n) is 26.7. The minimum Gasteiger partial charge on any atom is -0.456 e. The van der Waals surface area contributed by atoms with E-state index in [4.69, 9.17) is 4.42 Å². The molecule has 1 heteroatoms. The lowest BCUT2D eigenvalue weighted by Crippen LogP contribution is -2.15. The first-order valence-corrected chi connectivity index (χ1v) is 16.5. The molecule has 0 aliphatic heterocycles. The van der Waals surface area contributed by atoms with Crippen molar-refractivity contribution in [3.8, 4) is 33.4 Å². The summed E-state index contributed by atoms with van der Waals surface area (Å²) >= 11 is 0. The number of furan rings is 1. The smallest absolute Gasteiger partial charge is 0.138 e. The third-order valence-corrected chi connectivity index (χ3v) is 10.7. The van der Waals surface area contributed by atoms with Crippen LogP contribution in [0.5, 0.6) is 0 Å². The van der Waals surface area contributed by atoms with E-state index in [1.807, 2.05) is 6.07 Å². The predicted molar refractivity (Wildman–Crippen MR) is 199 cm³/mol. The van der Waals surface area contributed by atoms with Gasteiger partial charge in [0.2, 0.25) is 0 Å². The molecule has 10 rings (SSSR count). The molecule has 0 atom stereocenters. The Labute approximate surface area is 273 Å². The fourth-order valence-electron chi connectivity index (χ4n) is 8.65. The van der Waals surface area contributed by atoms with Crippen molar-refractivity contribution in [2.24, 2.45) is 0 Å². The van der Waals surface area contributed by atoms with Crippen LogP contribution in [0.4, 0.5) is 0 Å². The van der Waals surface area contributed by atoms with Crippen LogP contribution in [0.15, 0.2) is 144 Å². The molecule has 222 valence electrons. The molecule has 1 heterocycles. The van der Waals surface area contributed by atoms with Crippen molar-refractivity contribution in [1.82, 2.24) is 0 Å². The summed E-state index contributed by atoms with van der Waals surface area (Å²) in [5.41, 5.74) is 13.5. The highest BCUT2D eigenvalue weighted by Crippen LogP contribution is 2.53. The number of aryl methyl sites for hydroxylation is 1. The summed E-state index contributed by atoms with van der Waals surface area (Å²) < 4.78 is 6.33. The van der Waals surface area contributed by atoms with Crippen LogP contribution < -0.4 is 0 Å². The molecular formula is C46H32O. The van der Waals surface area contributed by atoms with Crippen LogP contribution in [0, 0.1) is 6.92 Å². The lowest BCUT2D eigenvalue weighted by molar-refractivity contribution is 0.666. The number of hydrogen-bond donors (Lipinski definition) is 0. The maximum absolute atomic E-state index is 6.33. The average molecular weight is 601 g/mol. The van der Waals surface area contributed by atoms with Gasteiger partial charge in [0.05, 0.1) is 0 Å². The molecule has 0 saturated carbocycles. The van der Waals surface area contributed by atoms with Gasteiger partial charge >= 0.3 is 0 Å². The Balaban J connectivity index is 1.25. The molecule has 0 saturated heterocycles. The van der Waals surface area contributed by atoms with Gasteiger partial charge in [-0.25, -0.2) is 0 Å². The van der Waals surface area contributed by atoms with Crippen molar-refractivity contribution < 1.29 is 4.42 Å². The molecule has 1 aliphatic carbocycles. The lowest BCUT2D eigenvalue weighted by atomic mass is 9.79.